The summed E-state index contributed by atoms with van der Waals surface area (Å²) in [6.45, 7) is 5.42. The number of aryl methyl sites for hydroxylation is 1. The third-order valence-electron chi connectivity index (χ3n) is 2.75. The molecule has 1 atom stereocenters. The van der Waals surface area contributed by atoms with Crippen LogP contribution >= 0.6 is 0 Å². The van der Waals surface area contributed by atoms with Crippen LogP contribution in [0.25, 0.3) is 0 Å². The Bertz CT molecular complexity index is 474. The molecule has 0 fully saturated rings. The van der Waals surface area contributed by atoms with Crippen molar-refractivity contribution in [1.82, 2.24) is 5.32 Å². The third kappa shape index (κ3) is 4.57. The third-order valence-corrected chi connectivity index (χ3v) is 2.75. The Balaban J connectivity index is 2.57. The Labute approximate surface area is 111 Å². The zero-order chi connectivity index (χ0) is 14.4. The van der Waals surface area contributed by atoms with E-state index in [4.69, 9.17) is 4.74 Å². The van der Waals surface area contributed by atoms with Crippen molar-refractivity contribution in [2.45, 2.75) is 33.2 Å². The number of nitrogens with zero attached hydrogens (tertiary/aromatic N) is 1. The molecule has 0 bridgehead atoms. The van der Waals surface area contributed by atoms with Gasteiger partial charge >= 0.3 is 0 Å². The summed E-state index contributed by atoms with van der Waals surface area (Å²) in [6, 6.07) is 4.52. The number of carbonyl (C=O) groups is 1. The molecule has 0 aliphatic heterocycles. The van der Waals surface area contributed by atoms with Crippen LogP contribution in [0.15, 0.2) is 18.2 Å². The Hall–Kier alpha value is -2.11. The number of rotatable bonds is 6. The van der Waals surface area contributed by atoms with Gasteiger partial charge in [-0.2, -0.15) is 0 Å². The van der Waals surface area contributed by atoms with Gasteiger partial charge < -0.3 is 10.1 Å². The predicted molar refractivity (Wildman–Crippen MR) is 71.2 cm³/mol. The maximum atomic E-state index is 11.5. The van der Waals surface area contributed by atoms with E-state index in [1.165, 1.54) is 12.1 Å². The standard InChI is InChI=1S/C13H18N2O4/c1-4-10(3)14-13(16)8-19-11-5-6-12(15(17)18)9(2)7-11/h5-7,10H,4,8H2,1-3H3,(H,14,16)/t10-/m1/s1. The average Bonchev–Trinajstić information content (AvgIpc) is 2.35. The zero-order valence-electron chi connectivity index (χ0n) is 11.3. The number of nitro benzene ring substituents is 1. The molecule has 0 spiro atoms. The molecule has 104 valence electrons. The second-order valence-corrected chi connectivity index (χ2v) is 4.37. The molecule has 1 N–H and O–H groups in total. The average molecular weight is 266 g/mol. The normalized spacial score (nSPS) is 11.7. The van der Waals surface area contributed by atoms with E-state index < -0.39 is 4.92 Å². The molecule has 0 aromatic heterocycles. The van der Waals surface area contributed by atoms with Crippen LogP contribution < -0.4 is 10.1 Å². The number of amides is 1. The minimum absolute atomic E-state index is 0.0383. The van der Waals surface area contributed by atoms with Crippen molar-refractivity contribution < 1.29 is 14.5 Å². The molecule has 1 amide bonds. The van der Waals surface area contributed by atoms with Gasteiger partial charge in [0, 0.05) is 17.7 Å². The van der Waals surface area contributed by atoms with Gasteiger partial charge in [-0.25, -0.2) is 0 Å². The molecule has 6 nitrogen and oxygen atoms in total. The lowest BCUT2D eigenvalue weighted by Gasteiger charge is -2.12. The van der Waals surface area contributed by atoms with E-state index in [2.05, 4.69) is 5.32 Å². The van der Waals surface area contributed by atoms with Crippen LogP contribution in [-0.2, 0) is 4.79 Å². The van der Waals surface area contributed by atoms with E-state index in [1.807, 2.05) is 13.8 Å². The van der Waals surface area contributed by atoms with Gasteiger partial charge in [-0.3, -0.25) is 14.9 Å². The lowest BCUT2D eigenvalue weighted by molar-refractivity contribution is -0.385. The van der Waals surface area contributed by atoms with Gasteiger partial charge in [0.25, 0.3) is 11.6 Å². The molecule has 0 heterocycles. The molecule has 1 rings (SSSR count). The van der Waals surface area contributed by atoms with Crippen LogP contribution in [-0.4, -0.2) is 23.5 Å². The second-order valence-electron chi connectivity index (χ2n) is 4.37. The second kappa shape index (κ2) is 6.72. The Kier molecular flexibility index (Phi) is 5.29. The quantitative estimate of drug-likeness (QED) is 0.632. The number of hydrogen-bond acceptors (Lipinski definition) is 4. The topological polar surface area (TPSA) is 81.5 Å². The largest absolute Gasteiger partial charge is 0.484 e. The van der Waals surface area contributed by atoms with Crippen LogP contribution in [0.5, 0.6) is 5.75 Å². The van der Waals surface area contributed by atoms with Gasteiger partial charge in [0.05, 0.1) is 4.92 Å². The summed E-state index contributed by atoms with van der Waals surface area (Å²) in [5, 5.41) is 13.4. The fraction of sp³-hybridized carbons (Fsp3) is 0.462. The Morgan fingerprint density at radius 1 is 1.53 bits per heavy atom. The van der Waals surface area contributed by atoms with Crippen LogP contribution in [0, 0.1) is 17.0 Å². The molecule has 0 saturated heterocycles. The molecule has 19 heavy (non-hydrogen) atoms. The monoisotopic (exact) mass is 266 g/mol. The van der Waals surface area contributed by atoms with Crippen molar-refractivity contribution in [2.75, 3.05) is 6.61 Å². The SMILES string of the molecule is CC[C@@H](C)NC(=O)COc1ccc([N+](=O)[O-])c(C)c1. The van der Waals surface area contributed by atoms with Gasteiger partial charge in [-0.15, -0.1) is 0 Å². The maximum absolute atomic E-state index is 11.5. The van der Waals surface area contributed by atoms with E-state index in [0.717, 1.165) is 6.42 Å². The molecule has 0 radical (unpaired) electrons. The smallest absolute Gasteiger partial charge is 0.272 e. The fourth-order valence-electron chi connectivity index (χ4n) is 1.49. The summed E-state index contributed by atoms with van der Waals surface area (Å²) < 4.78 is 5.29. The van der Waals surface area contributed by atoms with Crippen LogP contribution in [0.1, 0.15) is 25.8 Å². The van der Waals surface area contributed by atoms with Gasteiger partial charge in [0.1, 0.15) is 5.75 Å². The van der Waals surface area contributed by atoms with Crippen molar-refractivity contribution in [3.8, 4) is 5.75 Å². The summed E-state index contributed by atoms with van der Waals surface area (Å²) in [4.78, 5) is 21.7. The first-order valence-electron chi connectivity index (χ1n) is 6.11. The molecule has 6 heteroatoms. The summed E-state index contributed by atoms with van der Waals surface area (Å²) in [5.41, 5.74) is 0.543. The van der Waals surface area contributed by atoms with Crippen molar-refractivity contribution in [3.05, 3.63) is 33.9 Å². The van der Waals surface area contributed by atoms with Crippen molar-refractivity contribution in [2.24, 2.45) is 0 Å². The van der Waals surface area contributed by atoms with Crippen molar-refractivity contribution in [3.63, 3.8) is 0 Å². The van der Waals surface area contributed by atoms with Crippen molar-refractivity contribution >= 4 is 11.6 Å². The first-order valence-corrected chi connectivity index (χ1v) is 6.11. The van der Waals surface area contributed by atoms with E-state index in [-0.39, 0.29) is 24.2 Å². The maximum Gasteiger partial charge on any atom is 0.272 e. The van der Waals surface area contributed by atoms with E-state index >= 15 is 0 Å². The van der Waals surface area contributed by atoms with Crippen LogP contribution in [0.2, 0.25) is 0 Å². The number of hydrogen-bond donors (Lipinski definition) is 1. The van der Waals surface area contributed by atoms with E-state index in [1.54, 1.807) is 13.0 Å². The Morgan fingerprint density at radius 3 is 2.74 bits per heavy atom. The molecular formula is C13H18N2O4. The summed E-state index contributed by atoms with van der Waals surface area (Å²) in [7, 11) is 0. The van der Waals surface area contributed by atoms with Gasteiger partial charge in [-0.1, -0.05) is 6.92 Å². The first-order chi connectivity index (χ1) is 8.93. The minimum atomic E-state index is -0.450. The lowest BCUT2D eigenvalue weighted by Crippen LogP contribution is -2.35. The van der Waals surface area contributed by atoms with E-state index in [0.29, 0.717) is 11.3 Å². The number of nitrogens with one attached hydrogen (secondary N) is 1. The fourth-order valence-corrected chi connectivity index (χ4v) is 1.49. The van der Waals surface area contributed by atoms with Gasteiger partial charge in [0.2, 0.25) is 0 Å². The summed E-state index contributed by atoms with van der Waals surface area (Å²) in [5.74, 6) is 0.243. The predicted octanol–water partition coefficient (Wildman–Crippen LogP) is 2.20. The van der Waals surface area contributed by atoms with E-state index in [9.17, 15) is 14.9 Å². The summed E-state index contributed by atoms with van der Waals surface area (Å²) >= 11 is 0. The molecule has 0 aliphatic carbocycles. The molecule has 1 aromatic rings. The highest BCUT2D eigenvalue weighted by Crippen LogP contribution is 2.22. The molecule has 1 aromatic carbocycles. The number of ether oxygens (including phenoxy) is 1. The summed E-state index contributed by atoms with van der Waals surface area (Å²) in [6.07, 6.45) is 0.850. The number of benzene rings is 1. The Morgan fingerprint density at radius 2 is 2.21 bits per heavy atom. The van der Waals surface area contributed by atoms with Crippen LogP contribution in [0.3, 0.4) is 0 Å². The minimum Gasteiger partial charge on any atom is -0.484 e. The first kappa shape index (κ1) is 14.9. The number of nitro groups is 1. The molecule has 0 unspecified atom stereocenters. The van der Waals surface area contributed by atoms with Crippen molar-refractivity contribution in [1.29, 1.82) is 0 Å². The molecule has 0 saturated carbocycles. The molecule has 0 aliphatic rings. The van der Waals surface area contributed by atoms with Gasteiger partial charge in [-0.05, 0) is 32.4 Å². The lowest BCUT2D eigenvalue weighted by atomic mass is 10.2. The highest BCUT2D eigenvalue weighted by Gasteiger charge is 2.11. The van der Waals surface area contributed by atoms with Crippen LogP contribution in [0.4, 0.5) is 5.69 Å². The molecular weight excluding hydrogens is 248 g/mol. The van der Waals surface area contributed by atoms with Gasteiger partial charge in [0.15, 0.2) is 6.61 Å². The number of carbonyl (C=O) groups excluding carboxylic acids is 1. The highest BCUT2D eigenvalue weighted by molar-refractivity contribution is 5.77. The zero-order valence-corrected chi connectivity index (χ0v) is 11.3. The highest BCUT2D eigenvalue weighted by atomic mass is 16.6.